The summed E-state index contributed by atoms with van der Waals surface area (Å²) in [7, 11) is -3.30. The molecule has 0 spiro atoms. The highest BCUT2D eigenvalue weighted by Crippen LogP contribution is 2.33. The second kappa shape index (κ2) is 8.43. The first-order valence-corrected chi connectivity index (χ1v) is 11.7. The van der Waals surface area contributed by atoms with E-state index in [0.717, 1.165) is 34.3 Å². The number of hydrogen-bond acceptors (Lipinski definition) is 6. The maximum atomic E-state index is 11.6. The van der Waals surface area contributed by atoms with Crippen molar-refractivity contribution in [1.82, 2.24) is 15.1 Å². The van der Waals surface area contributed by atoms with Crippen LogP contribution in [0.25, 0.3) is 11.1 Å². The van der Waals surface area contributed by atoms with Gasteiger partial charge in [-0.3, -0.25) is 4.98 Å². The van der Waals surface area contributed by atoms with Crippen molar-refractivity contribution >= 4 is 21.4 Å². The third-order valence-corrected chi connectivity index (χ3v) is 5.80. The van der Waals surface area contributed by atoms with Gasteiger partial charge in [-0.15, -0.1) is 0 Å². The van der Waals surface area contributed by atoms with Gasteiger partial charge in [-0.05, 0) is 41.8 Å². The molecule has 0 bridgehead atoms. The molecule has 0 radical (unpaired) electrons. The largest absolute Gasteiger partial charge is 0.376 e. The van der Waals surface area contributed by atoms with Crippen LogP contribution in [0, 0.1) is 0 Å². The van der Waals surface area contributed by atoms with E-state index in [1.165, 1.54) is 5.56 Å². The number of hydrazine groups is 1. The zero-order valence-corrected chi connectivity index (χ0v) is 17.7. The lowest BCUT2D eigenvalue weighted by Gasteiger charge is -2.21. The number of nitrogens with one attached hydrogen (secondary N) is 4. The molecule has 1 aromatic heterocycles. The Morgan fingerprint density at radius 1 is 1.07 bits per heavy atom. The summed E-state index contributed by atoms with van der Waals surface area (Å²) < 4.78 is 25.8. The number of hydrogen-bond donors (Lipinski definition) is 4. The standard InChI is InChI=1S/C22H25N5O2S/c1-15-20-11-17(8-9-21(20)27-26-15)18-10-19(13-23-12-18)25-22(14-24-30(2,28)29)16-6-4-3-5-7-16/h3-13,15,22,24-27H,14H2,1-2H3. The zero-order valence-electron chi connectivity index (χ0n) is 16.9. The number of sulfonamides is 1. The van der Waals surface area contributed by atoms with E-state index < -0.39 is 10.0 Å². The molecule has 3 aromatic rings. The van der Waals surface area contributed by atoms with Crippen molar-refractivity contribution in [3.8, 4) is 11.1 Å². The third-order valence-electron chi connectivity index (χ3n) is 5.11. The van der Waals surface area contributed by atoms with Gasteiger partial charge in [-0.2, -0.15) is 0 Å². The first-order valence-electron chi connectivity index (χ1n) is 9.76. The Hall–Kier alpha value is -2.94. The van der Waals surface area contributed by atoms with Crippen LogP contribution in [0.2, 0.25) is 0 Å². The summed E-state index contributed by atoms with van der Waals surface area (Å²) in [5.74, 6) is 0. The molecule has 0 aliphatic carbocycles. The van der Waals surface area contributed by atoms with E-state index in [0.29, 0.717) is 0 Å². The molecule has 30 heavy (non-hydrogen) atoms. The Kier molecular flexibility index (Phi) is 5.72. The Labute approximate surface area is 177 Å². The van der Waals surface area contributed by atoms with Crippen LogP contribution in [0.15, 0.2) is 67.0 Å². The highest BCUT2D eigenvalue weighted by molar-refractivity contribution is 7.88. The maximum absolute atomic E-state index is 11.6. The zero-order chi connectivity index (χ0) is 21.1. The number of anilines is 2. The van der Waals surface area contributed by atoms with E-state index in [9.17, 15) is 8.42 Å². The smallest absolute Gasteiger partial charge is 0.208 e. The summed E-state index contributed by atoms with van der Waals surface area (Å²) in [4.78, 5) is 4.40. The molecule has 0 saturated carbocycles. The average molecular weight is 424 g/mol. The van der Waals surface area contributed by atoms with Crippen LogP contribution in [0.5, 0.6) is 0 Å². The van der Waals surface area contributed by atoms with Crippen LogP contribution < -0.4 is 20.9 Å². The summed E-state index contributed by atoms with van der Waals surface area (Å²) in [5.41, 5.74) is 12.6. The van der Waals surface area contributed by atoms with Gasteiger partial charge in [-0.1, -0.05) is 36.4 Å². The minimum absolute atomic E-state index is 0.230. The Balaban J connectivity index is 1.60. The predicted molar refractivity (Wildman–Crippen MR) is 120 cm³/mol. The molecule has 7 nitrogen and oxygen atoms in total. The molecule has 2 unspecified atom stereocenters. The summed E-state index contributed by atoms with van der Waals surface area (Å²) in [6.07, 6.45) is 4.74. The van der Waals surface area contributed by atoms with Gasteiger partial charge in [0.2, 0.25) is 10.0 Å². The number of fused-ring (bicyclic) bond motifs is 1. The van der Waals surface area contributed by atoms with E-state index in [1.54, 1.807) is 6.20 Å². The lowest BCUT2D eigenvalue weighted by molar-refractivity contribution is 0.582. The first-order chi connectivity index (χ1) is 14.4. The topological polar surface area (TPSA) is 95.2 Å². The van der Waals surface area contributed by atoms with Gasteiger partial charge in [0.15, 0.2) is 0 Å². The summed E-state index contributed by atoms with van der Waals surface area (Å²) >= 11 is 0. The molecule has 0 fully saturated rings. The Morgan fingerprint density at radius 3 is 2.63 bits per heavy atom. The fourth-order valence-electron chi connectivity index (χ4n) is 3.53. The fraction of sp³-hybridized carbons (Fsp3) is 0.227. The number of nitrogens with zero attached hydrogens (tertiary/aromatic N) is 1. The average Bonchev–Trinajstić information content (AvgIpc) is 3.11. The van der Waals surface area contributed by atoms with Crippen LogP contribution in [-0.2, 0) is 10.0 Å². The molecule has 0 saturated heterocycles. The summed E-state index contributed by atoms with van der Waals surface area (Å²) in [6, 6.07) is 18.1. The minimum atomic E-state index is -3.30. The van der Waals surface area contributed by atoms with Crippen molar-refractivity contribution in [1.29, 1.82) is 0 Å². The summed E-state index contributed by atoms with van der Waals surface area (Å²) in [5, 5.41) is 3.43. The molecule has 2 aromatic carbocycles. The van der Waals surface area contributed by atoms with Crippen LogP contribution in [0.4, 0.5) is 11.4 Å². The highest BCUT2D eigenvalue weighted by atomic mass is 32.2. The van der Waals surface area contributed by atoms with E-state index in [2.05, 4.69) is 51.0 Å². The second-order valence-corrected chi connectivity index (χ2v) is 9.32. The van der Waals surface area contributed by atoms with Crippen molar-refractivity contribution in [2.75, 3.05) is 23.5 Å². The van der Waals surface area contributed by atoms with Gasteiger partial charge in [0.05, 0.1) is 29.7 Å². The molecule has 156 valence electrons. The van der Waals surface area contributed by atoms with Crippen molar-refractivity contribution < 1.29 is 8.42 Å². The molecule has 4 N–H and O–H groups in total. The van der Waals surface area contributed by atoms with Crippen LogP contribution in [0.1, 0.15) is 30.1 Å². The van der Waals surface area contributed by atoms with Gasteiger partial charge >= 0.3 is 0 Å². The quantitative estimate of drug-likeness (QED) is 0.465. The van der Waals surface area contributed by atoms with Gasteiger partial charge in [-0.25, -0.2) is 18.6 Å². The van der Waals surface area contributed by atoms with Gasteiger partial charge in [0.1, 0.15) is 0 Å². The first kappa shape index (κ1) is 20.3. The van der Waals surface area contributed by atoms with Crippen molar-refractivity contribution in [2.45, 2.75) is 19.0 Å². The number of pyridine rings is 1. The van der Waals surface area contributed by atoms with Crippen LogP contribution in [-0.4, -0.2) is 26.2 Å². The van der Waals surface area contributed by atoms with Crippen LogP contribution in [0.3, 0.4) is 0 Å². The van der Waals surface area contributed by atoms with E-state index in [4.69, 9.17) is 0 Å². The van der Waals surface area contributed by atoms with Crippen LogP contribution >= 0.6 is 0 Å². The molecular weight excluding hydrogens is 398 g/mol. The van der Waals surface area contributed by atoms with Gasteiger partial charge in [0.25, 0.3) is 0 Å². The van der Waals surface area contributed by atoms with Crippen molar-refractivity contribution in [3.63, 3.8) is 0 Å². The number of benzene rings is 2. The predicted octanol–water partition coefficient (Wildman–Crippen LogP) is 3.44. The lowest BCUT2D eigenvalue weighted by Crippen LogP contribution is -2.30. The Morgan fingerprint density at radius 2 is 1.87 bits per heavy atom. The number of rotatable bonds is 7. The minimum Gasteiger partial charge on any atom is -0.376 e. The molecule has 4 rings (SSSR count). The van der Waals surface area contributed by atoms with E-state index >= 15 is 0 Å². The lowest BCUT2D eigenvalue weighted by atomic mass is 10.0. The molecule has 1 aliphatic heterocycles. The normalized spacial score (nSPS) is 16.5. The highest BCUT2D eigenvalue weighted by Gasteiger charge is 2.18. The van der Waals surface area contributed by atoms with E-state index in [-0.39, 0.29) is 18.6 Å². The van der Waals surface area contributed by atoms with Crippen molar-refractivity contribution in [3.05, 3.63) is 78.1 Å². The van der Waals surface area contributed by atoms with E-state index in [1.807, 2.05) is 42.6 Å². The van der Waals surface area contributed by atoms with Gasteiger partial charge in [0, 0.05) is 24.5 Å². The molecule has 2 atom stereocenters. The SMILES string of the molecule is CC1NNc2ccc(-c3cncc(NC(CNS(C)(=O)=O)c4ccccc4)c3)cc21. The molecule has 1 aliphatic rings. The summed E-state index contributed by atoms with van der Waals surface area (Å²) in [6.45, 7) is 2.35. The third kappa shape index (κ3) is 4.79. The fourth-order valence-corrected chi connectivity index (χ4v) is 4.00. The van der Waals surface area contributed by atoms with Gasteiger partial charge < -0.3 is 10.7 Å². The second-order valence-electron chi connectivity index (χ2n) is 7.48. The molecule has 8 heteroatoms. The molecular formula is C22H25N5O2S. The monoisotopic (exact) mass is 423 g/mol. The Bertz CT molecular complexity index is 1140. The van der Waals surface area contributed by atoms with Crippen molar-refractivity contribution in [2.24, 2.45) is 0 Å². The number of aromatic nitrogens is 1. The molecule has 0 amide bonds. The maximum Gasteiger partial charge on any atom is 0.208 e. The molecule has 2 heterocycles.